The van der Waals surface area contributed by atoms with E-state index in [2.05, 4.69) is 15.6 Å². The molecule has 0 spiro atoms. The summed E-state index contributed by atoms with van der Waals surface area (Å²) in [5, 5.41) is 24.2. The predicted molar refractivity (Wildman–Crippen MR) is 141 cm³/mol. The van der Waals surface area contributed by atoms with Gasteiger partial charge in [-0.3, -0.25) is 14.4 Å². The lowest BCUT2D eigenvalue weighted by Gasteiger charge is -2.34. The molecule has 1 saturated heterocycles. The van der Waals surface area contributed by atoms with E-state index in [0.717, 1.165) is 16.5 Å². The number of ether oxygens (including phenoxy) is 1. The molecule has 5 N–H and O–H groups in total. The summed E-state index contributed by atoms with van der Waals surface area (Å²) in [6.07, 6.45) is 1.32. The van der Waals surface area contributed by atoms with Crippen LogP contribution in [0.1, 0.15) is 52.0 Å². The number of carbonyl (C=O) groups is 5. The average Bonchev–Trinajstić information content (AvgIpc) is 3.27. The summed E-state index contributed by atoms with van der Waals surface area (Å²) in [5.74, 6) is -3.77. The summed E-state index contributed by atoms with van der Waals surface area (Å²) in [6.45, 7) is 5.68. The Morgan fingerprint density at radius 1 is 1.05 bits per heavy atom. The van der Waals surface area contributed by atoms with Gasteiger partial charge >= 0.3 is 18.0 Å². The molecule has 0 saturated carbocycles. The minimum Gasteiger partial charge on any atom is -0.481 e. The van der Waals surface area contributed by atoms with Gasteiger partial charge in [-0.25, -0.2) is 9.59 Å². The number of alkyl carbamates (subject to hydrolysis) is 1. The maximum Gasteiger partial charge on any atom is 0.408 e. The van der Waals surface area contributed by atoms with Crippen molar-refractivity contribution in [3.05, 3.63) is 36.0 Å². The van der Waals surface area contributed by atoms with Crippen LogP contribution in [-0.2, 0) is 30.3 Å². The van der Waals surface area contributed by atoms with Gasteiger partial charge in [0.25, 0.3) is 0 Å². The maximum atomic E-state index is 13.6. The number of nitrogens with one attached hydrogen (secondary N) is 3. The fraction of sp³-hybridized carbons (Fsp3) is 0.519. The highest BCUT2D eigenvalue weighted by Gasteiger charge is 2.34. The van der Waals surface area contributed by atoms with Crippen LogP contribution >= 0.6 is 0 Å². The van der Waals surface area contributed by atoms with E-state index in [0.29, 0.717) is 12.8 Å². The van der Waals surface area contributed by atoms with Crippen molar-refractivity contribution in [3.63, 3.8) is 0 Å². The van der Waals surface area contributed by atoms with Gasteiger partial charge in [0, 0.05) is 48.9 Å². The van der Waals surface area contributed by atoms with Crippen LogP contribution in [0.25, 0.3) is 10.9 Å². The maximum absolute atomic E-state index is 13.6. The topological polar surface area (TPSA) is 178 Å². The van der Waals surface area contributed by atoms with Crippen molar-refractivity contribution < 1.29 is 38.9 Å². The van der Waals surface area contributed by atoms with E-state index in [1.807, 2.05) is 30.5 Å². The zero-order chi connectivity index (χ0) is 28.7. The van der Waals surface area contributed by atoms with Crippen molar-refractivity contribution in [3.8, 4) is 0 Å². The van der Waals surface area contributed by atoms with Crippen molar-refractivity contribution in [2.45, 2.75) is 70.6 Å². The summed E-state index contributed by atoms with van der Waals surface area (Å²) in [6, 6.07) is 5.44. The number of rotatable bonds is 10. The molecule has 1 aromatic carbocycles. The number of aromatic amines is 1. The van der Waals surface area contributed by atoms with Crippen molar-refractivity contribution in [2.24, 2.45) is 5.92 Å². The monoisotopic (exact) mass is 544 g/mol. The highest BCUT2D eigenvalue weighted by atomic mass is 16.6. The molecule has 212 valence electrons. The fourth-order valence-corrected chi connectivity index (χ4v) is 4.57. The molecule has 1 aliphatic rings. The highest BCUT2D eigenvalue weighted by molar-refractivity contribution is 5.89. The molecule has 1 aromatic heterocycles. The van der Waals surface area contributed by atoms with E-state index in [4.69, 9.17) is 9.84 Å². The average molecular weight is 545 g/mol. The Morgan fingerprint density at radius 3 is 2.33 bits per heavy atom. The number of aromatic nitrogens is 1. The smallest absolute Gasteiger partial charge is 0.408 e. The molecular weight excluding hydrogens is 508 g/mol. The molecule has 0 aliphatic carbocycles. The second-order valence-corrected chi connectivity index (χ2v) is 10.7. The van der Waals surface area contributed by atoms with Gasteiger partial charge in [-0.15, -0.1) is 0 Å². The Bertz CT molecular complexity index is 1210. The van der Waals surface area contributed by atoms with Gasteiger partial charge in [0.2, 0.25) is 11.8 Å². The molecule has 3 amide bonds. The number of carboxylic acid groups (broad SMARTS) is 2. The Kier molecular flexibility index (Phi) is 9.55. The Balaban J connectivity index is 1.66. The van der Waals surface area contributed by atoms with E-state index < -0.39 is 47.5 Å². The number of benzene rings is 1. The molecular formula is C27H36N4O8. The summed E-state index contributed by atoms with van der Waals surface area (Å²) in [4.78, 5) is 65.8. The van der Waals surface area contributed by atoms with E-state index in [-0.39, 0.29) is 38.3 Å². The molecule has 2 heterocycles. The second kappa shape index (κ2) is 12.6. The van der Waals surface area contributed by atoms with Gasteiger partial charge in [-0.1, -0.05) is 18.2 Å². The lowest BCUT2D eigenvalue weighted by molar-refractivity contribution is -0.144. The predicted octanol–water partition coefficient (Wildman–Crippen LogP) is 2.28. The minimum absolute atomic E-state index is 0.223. The van der Waals surface area contributed by atoms with Gasteiger partial charge in [0.15, 0.2) is 0 Å². The molecule has 2 aromatic rings. The first kappa shape index (κ1) is 29.5. The number of piperidine rings is 1. The minimum atomic E-state index is -1.30. The third-order valence-electron chi connectivity index (χ3n) is 6.53. The second-order valence-electron chi connectivity index (χ2n) is 10.7. The summed E-state index contributed by atoms with van der Waals surface area (Å²) in [7, 11) is 0. The Labute approximate surface area is 226 Å². The first-order valence-corrected chi connectivity index (χ1v) is 12.9. The van der Waals surface area contributed by atoms with Crippen LogP contribution in [0, 0.1) is 5.92 Å². The molecule has 12 nitrogen and oxygen atoms in total. The molecule has 1 fully saturated rings. The summed E-state index contributed by atoms with van der Waals surface area (Å²) < 4.78 is 5.39. The van der Waals surface area contributed by atoms with E-state index in [9.17, 15) is 29.1 Å². The lowest BCUT2D eigenvalue weighted by atomic mass is 9.94. The zero-order valence-electron chi connectivity index (χ0n) is 22.4. The largest absolute Gasteiger partial charge is 0.481 e. The van der Waals surface area contributed by atoms with Crippen LogP contribution in [0.3, 0.4) is 0 Å². The van der Waals surface area contributed by atoms with Crippen LogP contribution in [-0.4, -0.2) is 80.7 Å². The number of para-hydroxylation sites is 1. The standard InChI is InChI=1S/C27H36N4O8/c1-27(2,3)39-26(38)30-21(14-17-15-28-19-7-5-4-6-18(17)19)24(35)31-12-10-16(11-13-31)23(34)29-20(25(36)37)8-9-22(32)33/h4-7,15-16,20-21,28H,8-14H2,1-3H3,(H,29,34)(H,30,38)(H,32,33)(H,36,37)/t20-,21-/m0/s1. The Morgan fingerprint density at radius 2 is 1.72 bits per heavy atom. The fourth-order valence-electron chi connectivity index (χ4n) is 4.57. The number of amides is 3. The quantitative estimate of drug-likeness (QED) is 0.302. The molecule has 0 unspecified atom stereocenters. The van der Waals surface area contributed by atoms with Gasteiger partial charge in [-0.2, -0.15) is 0 Å². The van der Waals surface area contributed by atoms with Gasteiger partial charge in [-0.05, 0) is 51.7 Å². The van der Waals surface area contributed by atoms with Crippen molar-refractivity contribution in [1.29, 1.82) is 0 Å². The third-order valence-corrected chi connectivity index (χ3v) is 6.53. The van der Waals surface area contributed by atoms with Crippen molar-refractivity contribution in [2.75, 3.05) is 13.1 Å². The number of likely N-dealkylation sites (tertiary alicyclic amines) is 1. The number of hydrogen-bond donors (Lipinski definition) is 5. The molecule has 1 aliphatic heterocycles. The van der Waals surface area contributed by atoms with Crippen LogP contribution in [0.15, 0.2) is 30.5 Å². The first-order valence-electron chi connectivity index (χ1n) is 12.9. The number of nitrogens with zero attached hydrogens (tertiary/aromatic N) is 1. The molecule has 0 radical (unpaired) electrons. The lowest BCUT2D eigenvalue weighted by Crippen LogP contribution is -2.53. The van der Waals surface area contributed by atoms with Crippen LogP contribution in [0.5, 0.6) is 0 Å². The normalized spacial score (nSPS) is 15.8. The molecule has 0 bridgehead atoms. The number of fused-ring (bicyclic) bond motifs is 1. The zero-order valence-corrected chi connectivity index (χ0v) is 22.4. The van der Waals surface area contributed by atoms with Crippen molar-refractivity contribution in [1.82, 2.24) is 20.5 Å². The van der Waals surface area contributed by atoms with Crippen LogP contribution < -0.4 is 10.6 Å². The molecule has 12 heteroatoms. The molecule has 2 atom stereocenters. The van der Waals surface area contributed by atoms with Crippen LogP contribution in [0.4, 0.5) is 4.79 Å². The van der Waals surface area contributed by atoms with Crippen molar-refractivity contribution >= 4 is 40.7 Å². The number of carboxylic acids is 2. The van der Waals surface area contributed by atoms with Gasteiger partial charge < -0.3 is 35.5 Å². The van der Waals surface area contributed by atoms with E-state index in [1.165, 1.54) is 0 Å². The Hall–Kier alpha value is -4.09. The molecule has 39 heavy (non-hydrogen) atoms. The SMILES string of the molecule is CC(C)(C)OC(=O)N[C@@H](Cc1c[nH]c2ccccc12)C(=O)N1CCC(C(=O)N[C@@H](CCC(=O)O)C(=O)O)CC1. The molecule has 3 rings (SSSR count). The number of aliphatic carboxylic acids is 2. The summed E-state index contributed by atoms with van der Waals surface area (Å²) >= 11 is 0. The number of carbonyl (C=O) groups excluding carboxylic acids is 3. The summed E-state index contributed by atoms with van der Waals surface area (Å²) in [5.41, 5.74) is 1.02. The first-order chi connectivity index (χ1) is 18.3. The highest BCUT2D eigenvalue weighted by Crippen LogP contribution is 2.22. The number of H-pyrrole nitrogens is 1. The third kappa shape index (κ3) is 8.45. The number of hydrogen-bond acceptors (Lipinski definition) is 6. The van der Waals surface area contributed by atoms with Crippen LogP contribution in [0.2, 0.25) is 0 Å². The van der Waals surface area contributed by atoms with E-state index in [1.54, 1.807) is 25.7 Å². The van der Waals surface area contributed by atoms with Gasteiger partial charge in [0.05, 0.1) is 0 Å². The van der Waals surface area contributed by atoms with E-state index >= 15 is 0 Å². The van der Waals surface area contributed by atoms with Gasteiger partial charge in [0.1, 0.15) is 17.7 Å².